The van der Waals surface area contributed by atoms with Crippen LogP contribution in [-0.2, 0) is 35.1 Å². The predicted octanol–water partition coefficient (Wildman–Crippen LogP) is 1.13. The molecule has 1 heterocycles. The summed E-state index contributed by atoms with van der Waals surface area (Å²) in [4.78, 5) is 22.5. The van der Waals surface area contributed by atoms with Crippen LogP contribution in [-0.4, -0.2) is 41.8 Å². The first kappa shape index (κ1) is 14.6. The summed E-state index contributed by atoms with van der Waals surface area (Å²) in [5, 5.41) is 10.4. The van der Waals surface area contributed by atoms with E-state index >= 15 is 0 Å². The highest BCUT2D eigenvalue weighted by molar-refractivity contribution is 5.66. The fourth-order valence-electron chi connectivity index (χ4n) is 2.21. The van der Waals surface area contributed by atoms with Gasteiger partial charge in [0.2, 0.25) is 0 Å². The molecule has 1 aliphatic heterocycles. The summed E-state index contributed by atoms with van der Waals surface area (Å²) in [5.74, 6) is -3.58. The van der Waals surface area contributed by atoms with E-state index in [4.69, 9.17) is 21.7 Å². The SMILES string of the molecule is [2H]CC(=O)OC[C@H]1OC(O)(OCc2ccccc2)C[C@@H]1OC(=O)C[2H]. The second-order valence-corrected chi connectivity index (χ2v) is 5.06. The van der Waals surface area contributed by atoms with E-state index in [1.54, 1.807) is 0 Å². The first-order chi connectivity index (χ1) is 12.0. The van der Waals surface area contributed by atoms with Crippen LogP contribution < -0.4 is 0 Å². The number of ether oxygens (including phenoxy) is 4. The van der Waals surface area contributed by atoms with E-state index in [-0.39, 0.29) is 19.6 Å². The van der Waals surface area contributed by atoms with Crippen LogP contribution in [0.4, 0.5) is 0 Å². The lowest BCUT2D eigenvalue weighted by molar-refractivity contribution is -0.356. The zero-order valence-electron chi connectivity index (χ0n) is 14.5. The van der Waals surface area contributed by atoms with Crippen LogP contribution in [0.3, 0.4) is 0 Å². The van der Waals surface area contributed by atoms with Crippen LogP contribution in [0.2, 0.25) is 0 Å². The fraction of sp³-hybridized carbons (Fsp3) is 0.500. The number of aliphatic hydroxyl groups is 1. The molecule has 2 rings (SSSR count). The third-order valence-corrected chi connectivity index (χ3v) is 3.21. The highest BCUT2D eigenvalue weighted by atomic mass is 16.8. The Hall–Kier alpha value is -1.96. The standard InChI is InChI=1S/C16H20O7/c1-11(17)20-10-15-14(22-12(2)18)8-16(19,23-15)21-9-13-6-4-3-5-7-13/h3-7,14-15,19H,8-10H2,1-2H3/t14-,15+,16?/m0/s1/i1D,2D. The van der Waals surface area contributed by atoms with Gasteiger partial charge in [-0.1, -0.05) is 30.3 Å². The molecule has 0 radical (unpaired) electrons. The Kier molecular flexibility index (Phi) is 4.79. The number of carbonyl (C=O) groups excluding carboxylic acids is 2. The van der Waals surface area contributed by atoms with Gasteiger partial charge < -0.3 is 24.1 Å². The quantitative estimate of drug-likeness (QED) is 0.619. The summed E-state index contributed by atoms with van der Waals surface area (Å²) in [6.45, 7) is -1.38. The number of esters is 2. The summed E-state index contributed by atoms with van der Waals surface area (Å²) in [6, 6.07) is 9.10. The molecule has 1 aliphatic rings. The maximum Gasteiger partial charge on any atom is 0.303 e. The minimum Gasteiger partial charge on any atom is -0.463 e. The average Bonchev–Trinajstić information content (AvgIpc) is 2.94. The number of hydrogen-bond donors (Lipinski definition) is 1. The van der Waals surface area contributed by atoms with Crippen molar-refractivity contribution in [2.45, 2.75) is 45.0 Å². The molecule has 23 heavy (non-hydrogen) atoms. The Morgan fingerprint density at radius 2 is 2.09 bits per heavy atom. The molecule has 1 fully saturated rings. The third-order valence-electron chi connectivity index (χ3n) is 3.21. The second-order valence-electron chi connectivity index (χ2n) is 5.06. The molecular weight excluding hydrogens is 304 g/mol. The Balaban J connectivity index is 1.98. The van der Waals surface area contributed by atoms with Crippen molar-refractivity contribution in [1.29, 1.82) is 0 Å². The Bertz CT molecular complexity index is 583. The molecule has 0 saturated carbocycles. The Morgan fingerprint density at radius 1 is 1.35 bits per heavy atom. The fourth-order valence-corrected chi connectivity index (χ4v) is 2.21. The van der Waals surface area contributed by atoms with Gasteiger partial charge in [0.1, 0.15) is 18.8 Å². The van der Waals surface area contributed by atoms with Gasteiger partial charge in [-0.2, -0.15) is 0 Å². The van der Waals surface area contributed by atoms with Gasteiger partial charge in [0.25, 0.3) is 5.97 Å². The Morgan fingerprint density at radius 3 is 2.78 bits per heavy atom. The van der Waals surface area contributed by atoms with Gasteiger partial charge in [-0.25, -0.2) is 0 Å². The Labute approximate surface area is 136 Å². The molecule has 1 unspecified atom stereocenters. The van der Waals surface area contributed by atoms with Gasteiger partial charge in [-0.3, -0.25) is 9.59 Å². The topological polar surface area (TPSA) is 91.3 Å². The van der Waals surface area contributed by atoms with Crippen molar-refractivity contribution in [2.75, 3.05) is 6.61 Å². The number of rotatable bonds is 6. The molecule has 1 aromatic carbocycles. The molecule has 7 heteroatoms. The maximum atomic E-state index is 11.4. The van der Waals surface area contributed by atoms with Crippen LogP contribution in [0.25, 0.3) is 0 Å². The third kappa shape index (κ3) is 5.31. The van der Waals surface area contributed by atoms with Gasteiger partial charge >= 0.3 is 11.9 Å². The second kappa shape index (κ2) is 7.54. The van der Waals surface area contributed by atoms with E-state index in [1.807, 2.05) is 30.3 Å². The summed E-state index contributed by atoms with van der Waals surface area (Å²) >= 11 is 0. The van der Waals surface area contributed by atoms with Crippen LogP contribution >= 0.6 is 0 Å². The predicted molar refractivity (Wildman–Crippen MR) is 77.9 cm³/mol. The molecule has 0 aromatic heterocycles. The number of benzene rings is 1. The van der Waals surface area contributed by atoms with Gasteiger partial charge in [0.15, 0.2) is 0 Å². The molecule has 7 nitrogen and oxygen atoms in total. The maximum absolute atomic E-state index is 11.4. The smallest absolute Gasteiger partial charge is 0.303 e. The molecule has 126 valence electrons. The molecule has 3 atom stereocenters. The van der Waals surface area contributed by atoms with Crippen molar-refractivity contribution in [3.63, 3.8) is 0 Å². The normalized spacial score (nSPS) is 27.9. The monoisotopic (exact) mass is 326 g/mol. The number of carbonyl (C=O) groups is 2. The number of hydrogen-bond acceptors (Lipinski definition) is 7. The molecule has 0 bridgehead atoms. The van der Waals surface area contributed by atoms with Crippen molar-refractivity contribution in [1.82, 2.24) is 0 Å². The van der Waals surface area contributed by atoms with E-state index in [0.717, 1.165) is 5.56 Å². The molecule has 1 saturated heterocycles. The van der Waals surface area contributed by atoms with E-state index < -0.39 is 43.9 Å². The lowest BCUT2D eigenvalue weighted by atomic mass is 10.2. The van der Waals surface area contributed by atoms with Crippen LogP contribution in [0, 0.1) is 0 Å². The lowest BCUT2D eigenvalue weighted by Crippen LogP contribution is -2.33. The van der Waals surface area contributed by atoms with Gasteiger partial charge in [0.05, 0.1) is 13.0 Å². The van der Waals surface area contributed by atoms with Gasteiger partial charge in [-0.15, -0.1) is 0 Å². The van der Waals surface area contributed by atoms with Crippen molar-refractivity contribution in [3.05, 3.63) is 35.9 Å². The van der Waals surface area contributed by atoms with Crippen molar-refractivity contribution in [2.24, 2.45) is 0 Å². The first-order valence-electron chi connectivity index (χ1n) is 8.39. The van der Waals surface area contributed by atoms with Crippen molar-refractivity contribution >= 4 is 11.9 Å². The highest BCUT2D eigenvalue weighted by Crippen LogP contribution is 2.32. The van der Waals surface area contributed by atoms with E-state index in [9.17, 15) is 14.7 Å². The van der Waals surface area contributed by atoms with Crippen LogP contribution in [0.5, 0.6) is 0 Å². The van der Waals surface area contributed by atoms with Gasteiger partial charge in [0, 0.05) is 16.5 Å². The summed E-state index contributed by atoms with van der Waals surface area (Å²) < 4.78 is 34.6. The minimum absolute atomic E-state index is 0.0652. The van der Waals surface area contributed by atoms with Crippen molar-refractivity contribution in [3.8, 4) is 0 Å². The van der Waals surface area contributed by atoms with Gasteiger partial charge in [-0.05, 0) is 5.56 Å². The molecule has 0 amide bonds. The van der Waals surface area contributed by atoms with Crippen LogP contribution in [0.15, 0.2) is 30.3 Å². The minimum atomic E-state index is -2.01. The zero-order valence-corrected chi connectivity index (χ0v) is 12.5. The molecular formula is C16H20O7. The lowest BCUT2D eigenvalue weighted by Gasteiger charge is -2.22. The molecule has 1 aromatic rings. The molecule has 0 spiro atoms. The highest BCUT2D eigenvalue weighted by Gasteiger charge is 2.49. The van der Waals surface area contributed by atoms with Crippen LogP contribution in [0.1, 0.15) is 28.5 Å². The van der Waals surface area contributed by atoms with E-state index in [0.29, 0.717) is 0 Å². The van der Waals surface area contributed by atoms with E-state index in [1.165, 1.54) is 0 Å². The molecule has 0 aliphatic carbocycles. The first-order valence-corrected chi connectivity index (χ1v) is 6.97. The molecule has 1 N–H and O–H groups in total. The summed E-state index contributed by atoms with van der Waals surface area (Å²) in [6.07, 6.45) is -2.07. The van der Waals surface area contributed by atoms with Crippen molar-refractivity contribution < 1.29 is 36.4 Å². The summed E-state index contributed by atoms with van der Waals surface area (Å²) in [7, 11) is 0. The zero-order chi connectivity index (χ0) is 18.3. The average molecular weight is 326 g/mol. The summed E-state index contributed by atoms with van der Waals surface area (Å²) in [5.41, 5.74) is 0.809. The van der Waals surface area contributed by atoms with E-state index in [2.05, 4.69) is 0 Å². The largest absolute Gasteiger partial charge is 0.463 e.